The lowest BCUT2D eigenvalue weighted by Gasteiger charge is -2.28. The van der Waals surface area contributed by atoms with Crippen LogP contribution in [0.1, 0.15) is 19.8 Å². The number of nitrogens with one attached hydrogen (secondary N) is 2. The molecule has 1 aliphatic rings. The third-order valence-corrected chi connectivity index (χ3v) is 4.22. The van der Waals surface area contributed by atoms with Crippen molar-refractivity contribution < 1.29 is 9.47 Å². The molecular weight excluding hydrogens is 304 g/mol. The van der Waals surface area contributed by atoms with E-state index < -0.39 is 0 Å². The molecule has 1 heterocycles. The first-order valence-corrected chi connectivity index (χ1v) is 8.62. The van der Waals surface area contributed by atoms with Crippen molar-refractivity contribution in [3.8, 4) is 11.5 Å². The summed E-state index contributed by atoms with van der Waals surface area (Å²) in [5, 5.41) is 6.65. The van der Waals surface area contributed by atoms with E-state index in [0.29, 0.717) is 11.7 Å². The molecule has 0 aliphatic carbocycles. The van der Waals surface area contributed by atoms with E-state index in [4.69, 9.17) is 14.5 Å². The molecule has 0 spiro atoms. The number of hydrogen-bond acceptors (Lipinski definition) is 4. The average molecular weight is 334 g/mol. The van der Waals surface area contributed by atoms with Crippen molar-refractivity contribution in [2.45, 2.75) is 19.8 Å². The van der Waals surface area contributed by atoms with Crippen LogP contribution >= 0.6 is 0 Å². The molecule has 0 radical (unpaired) electrons. The predicted octanol–water partition coefficient (Wildman–Crippen LogP) is 2.42. The molecule has 1 saturated heterocycles. The minimum Gasteiger partial charge on any atom is -0.493 e. The number of anilines is 1. The van der Waals surface area contributed by atoms with E-state index in [1.54, 1.807) is 14.2 Å². The highest BCUT2D eigenvalue weighted by molar-refractivity contribution is 5.93. The number of aliphatic imine (C=N–C) groups is 1. The second-order valence-electron chi connectivity index (χ2n) is 6.18. The van der Waals surface area contributed by atoms with E-state index in [1.165, 1.54) is 19.4 Å². The monoisotopic (exact) mass is 334 g/mol. The van der Waals surface area contributed by atoms with Gasteiger partial charge in [-0.2, -0.15) is 0 Å². The van der Waals surface area contributed by atoms with Crippen LogP contribution in [0.25, 0.3) is 0 Å². The number of benzene rings is 1. The lowest BCUT2D eigenvalue weighted by atomic mass is 9.99. The zero-order chi connectivity index (χ0) is 17.4. The van der Waals surface area contributed by atoms with E-state index in [1.807, 2.05) is 18.2 Å². The molecule has 1 atom stereocenters. The first-order chi connectivity index (χ1) is 11.7. The number of nitrogens with zero attached hydrogens (tertiary/aromatic N) is 2. The topological polar surface area (TPSA) is 58.1 Å². The number of likely N-dealkylation sites (tertiary alicyclic amines) is 1. The van der Waals surface area contributed by atoms with Crippen molar-refractivity contribution >= 4 is 11.6 Å². The normalized spacial score (nSPS) is 19.0. The molecule has 0 saturated carbocycles. The Morgan fingerprint density at radius 2 is 2.08 bits per heavy atom. The van der Waals surface area contributed by atoms with Gasteiger partial charge in [0.1, 0.15) is 0 Å². The van der Waals surface area contributed by atoms with Gasteiger partial charge in [-0.15, -0.1) is 0 Å². The summed E-state index contributed by atoms with van der Waals surface area (Å²) in [5.41, 5.74) is 0.924. The van der Waals surface area contributed by atoms with Gasteiger partial charge in [0.15, 0.2) is 17.5 Å². The van der Waals surface area contributed by atoms with Crippen LogP contribution in [0, 0.1) is 5.92 Å². The van der Waals surface area contributed by atoms with Gasteiger partial charge in [0.05, 0.1) is 14.2 Å². The molecule has 0 amide bonds. The van der Waals surface area contributed by atoms with E-state index in [0.717, 1.165) is 37.0 Å². The highest BCUT2D eigenvalue weighted by Crippen LogP contribution is 2.29. The van der Waals surface area contributed by atoms with Gasteiger partial charge in [0.2, 0.25) is 0 Å². The van der Waals surface area contributed by atoms with Crippen LogP contribution in [0.4, 0.5) is 5.69 Å². The van der Waals surface area contributed by atoms with Gasteiger partial charge in [-0.05, 0) is 51.4 Å². The van der Waals surface area contributed by atoms with Gasteiger partial charge in [0, 0.05) is 31.4 Å². The van der Waals surface area contributed by atoms with Crippen molar-refractivity contribution in [2.24, 2.45) is 10.9 Å². The Labute approximate surface area is 145 Å². The molecule has 1 aromatic carbocycles. The summed E-state index contributed by atoms with van der Waals surface area (Å²) in [6.07, 6.45) is 2.51. The lowest BCUT2D eigenvalue weighted by molar-refractivity contribution is 0.214. The molecule has 24 heavy (non-hydrogen) atoms. The molecule has 2 rings (SSSR count). The summed E-state index contributed by atoms with van der Waals surface area (Å²) in [5.74, 6) is 2.85. The van der Waals surface area contributed by atoms with E-state index in [9.17, 15) is 0 Å². The van der Waals surface area contributed by atoms with E-state index >= 15 is 0 Å². The maximum atomic E-state index is 5.35. The van der Waals surface area contributed by atoms with Crippen molar-refractivity contribution in [2.75, 3.05) is 52.8 Å². The zero-order valence-corrected chi connectivity index (χ0v) is 15.3. The van der Waals surface area contributed by atoms with Crippen molar-refractivity contribution in [3.63, 3.8) is 0 Å². The van der Waals surface area contributed by atoms with Gasteiger partial charge < -0.3 is 25.0 Å². The Morgan fingerprint density at radius 1 is 1.29 bits per heavy atom. The van der Waals surface area contributed by atoms with Gasteiger partial charge in [-0.25, -0.2) is 0 Å². The third kappa shape index (κ3) is 5.30. The zero-order valence-electron chi connectivity index (χ0n) is 15.3. The number of ether oxygens (including phenoxy) is 2. The maximum absolute atomic E-state index is 5.35. The summed E-state index contributed by atoms with van der Waals surface area (Å²) in [6.45, 7) is 6.06. The molecule has 134 valence electrons. The molecule has 1 unspecified atom stereocenters. The van der Waals surface area contributed by atoms with Crippen LogP contribution in [-0.4, -0.2) is 58.3 Å². The first-order valence-electron chi connectivity index (χ1n) is 8.62. The minimum absolute atomic E-state index is 0.629. The van der Waals surface area contributed by atoms with Crippen LogP contribution < -0.4 is 20.1 Å². The van der Waals surface area contributed by atoms with Gasteiger partial charge >= 0.3 is 0 Å². The van der Waals surface area contributed by atoms with Crippen molar-refractivity contribution in [1.82, 2.24) is 10.2 Å². The highest BCUT2D eigenvalue weighted by Gasteiger charge is 2.16. The Balaban J connectivity index is 2.03. The van der Waals surface area contributed by atoms with Crippen LogP contribution in [0.2, 0.25) is 0 Å². The number of methoxy groups -OCH3 is 2. The molecule has 6 heteroatoms. The molecular formula is C18H30N4O2. The predicted molar refractivity (Wildman–Crippen MR) is 99.4 cm³/mol. The fourth-order valence-electron chi connectivity index (χ4n) is 3.00. The smallest absolute Gasteiger partial charge is 0.195 e. The van der Waals surface area contributed by atoms with Crippen LogP contribution in [0.3, 0.4) is 0 Å². The fourth-order valence-corrected chi connectivity index (χ4v) is 3.00. The Bertz CT molecular complexity index is 548. The summed E-state index contributed by atoms with van der Waals surface area (Å²) in [7, 11) is 5.46. The van der Waals surface area contributed by atoms with Gasteiger partial charge in [-0.1, -0.05) is 0 Å². The van der Waals surface area contributed by atoms with Gasteiger partial charge in [-0.3, -0.25) is 4.99 Å². The quantitative estimate of drug-likeness (QED) is 0.618. The number of guanidine groups is 1. The molecule has 1 aliphatic heterocycles. The molecule has 1 fully saturated rings. The molecule has 6 nitrogen and oxygen atoms in total. The van der Waals surface area contributed by atoms with E-state index in [-0.39, 0.29) is 0 Å². The third-order valence-electron chi connectivity index (χ3n) is 4.22. The number of hydrogen-bond donors (Lipinski definition) is 2. The van der Waals surface area contributed by atoms with Crippen molar-refractivity contribution in [1.29, 1.82) is 0 Å². The Hall–Kier alpha value is -1.95. The molecule has 1 aromatic rings. The minimum atomic E-state index is 0.629. The first kappa shape index (κ1) is 18.4. The number of piperidine rings is 1. The lowest BCUT2D eigenvalue weighted by Crippen LogP contribution is -2.35. The highest BCUT2D eigenvalue weighted by atomic mass is 16.5. The maximum Gasteiger partial charge on any atom is 0.195 e. The fraction of sp³-hybridized carbons (Fsp3) is 0.611. The van der Waals surface area contributed by atoms with Crippen LogP contribution in [-0.2, 0) is 0 Å². The summed E-state index contributed by atoms with van der Waals surface area (Å²) < 4.78 is 10.6. The Morgan fingerprint density at radius 3 is 2.75 bits per heavy atom. The average Bonchev–Trinajstić information content (AvgIpc) is 2.60. The van der Waals surface area contributed by atoms with Crippen LogP contribution in [0.15, 0.2) is 23.2 Å². The number of rotatable bonds is 6. The SMILES string of the molecule is CCNC(=NCC1CCCN(C)C1)Nc1ccc(OC)c(OC)c1. The second-order valence-corrected chi connectivity index (χ2v) is 6.18. The summed E-state index contributed by atoms with van der Waals surface area (Å²) in [4.78, 5) is 7.15. The second kappa shape index (κ2) is 9.37. The standard InChI is InChI=1S/C18H30N4O2/c1-5-19-18(20-12-14-7-6-10-22(2)13-14)21-15-8-9-16(23-3)17(11-15)24-4/h8-9,11,14H,5-7,10,12-13H2,1-4H3,(H2,19,20,21). The molecule has 0 bridgehead atoms. The summed E-state index contributed by atoms with van der Waals surface area (Å²) in [6, 6.07) is 5.77. The van der Waals surface area contributed by atoms with Crippen LogP contribution in [0.5, 0.6) is 11.5 Å². The summed E-state index contributed by atoms with van der Waals surface area (Å²) >= 11 is 0. The largest absolute Gasteiger partial charge is 0.493 e. The Kier molecular flexibility index (Phi) is 7.18. The van der Waals surface area contributed by atoms with Crippen molar-refractivity contribution in [3.05, 3.63) is 18.2 Å². The molecule has 2 N–H and O–H groups in total. The van der Waals surface area contributed by atoms with E-state index in [2.05, 4.69) is 29.5 Å². The van der Waals surface area contributed by atoms with Gasteiger partial charge in [0.25, 0.3) is 0 Å². The molecule has 0 aromatic heterocycles.